The van der Waals surface area contributed by atoms with Crippen LogP contribution in [-0.4, -0.2) is 49.1 Å². The molecule has 2 rings (SSSR count). The summed E-state index contributed by atoms with van der Waals surface area (Å²) in [4.78, 5) is 5.00. The molecule has 114 valence electrons. The van der Waals surface area contributed by atoms with Gasteiger partial charge in [-0.3, -0.25) is 4.90 Å². The fourth-order valence-electron chi connectivity index (χ4n) is 4.24. The van der Waals surface area contributed by atoms with E-state index in [-0.39, 0.29) is 5.92 Å². The number of likely N-dealkylation sites (tertiary alicyclic amines) is 1. The first kappa shape index (κ1) is 15.8. The smallest absolute Gasteiger partial charge is 0.0672 e. The minimum absolute atomic E-state index is 0.250. The number of hydrogen-bond donors (Lipinski definition) is 0. The maximum atomic E-state index is 9.49. The van der Waals surface area contributed by atoms with E-state index in [4.69, 9.17) is 0 Å². The van der Waals surface area contributed by atoms with Gasteiger partial charge in [-0.1, -0.05) is 19.8 Å². The molecule has 1 saturated heterocycles. The van der Waals surface area contributed by atoms with Gasteiger partial charge < -0.3 is 4.90 Å². The van der Waals surface area contributed by atoms with Crippen molar-refractivity contribution in [2.24, 2.45) is 11.8 Å². The van der Waals surface area contributed by atoms with Crippen LogP contribution in [-0.2, 0) is 0 Å². The Hall–Kier alpha value is -0.590. The largest absolute Gasteiger partial charge is 0.305 e. The second-order valence-electron chi connectivity index (χ2n) is 6.99. The molecule has 1 aliphatic carbocycles. The van der Waals surface area contributed by atoms with Crippen LogP contribution < -0.4 is 0 Å². The van der Waals surface area contributed by atoms with Gasteiger partial charge in [0.1, 0.15) is 0 Å². The zero-order valence-corrected chi connectivity index (χ0v) is 13.5. The summed E-state index contributed by atoms with van der Waals surface area (Å²) in [6, 6.07) is 3.73. The van der Waals surface area contributed by atoms with Crippen LogP contribution in [0.3, 0.4) is 0 Å². The van der Waals surface area contributed by atoms with E-state index in [2.05, 4.69) is 36.9 Å². The molecule has 0 spiro atoms. The van der Waals surface area contributed by atoms with Crippen LogP contribution in [0.4, 0.5) is 0 Å². The maximum absolute atomic E-state index is 9.49. The van der Waals surface area contributed by atoms with Gasteiger partial charge >= 0.3 is 0 Å². The van der Waals surface area contributed by atoms with Crippen molar-refractivity contribution >= 4 is 0 Å². The third-order valence-corrected chi connectivity index (χ3v) is 5.49. The molecule has 2 aliphatic rings. The van der Waals surface area contributed by atoms with Crippen molar-refractivity contribution in [1.29, 1.82) is 5.26 Å². The number of hydrogen-bond acceptors (Lipinski definition) is 3. The predicted molar refractivity (Wildman–Crippen MR) is 83.4 cm³/mol. The SMILES string of the molecule is CCCC1CCC(C#N)C(N(C)C2CCCN(C)C2)C1. The van der Waals surface area contributed by atoms with E-state index in [0.717, 1.165) is 12.3 Å². The molecule has 1 aliphatic heterocycles. The average Bonchev–Trinajstić information content (AvgIpc) is 2.47. The summed E-state index contributed by atoms with van der Waals surface area (Å²) in [5.74, 6) is 1.10. The molecule has 0 radical (unpaired) electrons. The zero-order valence-electron chi connectivity index (χ0n) is 13.5. The fourth-order valence-corrected chi connectivity index (χ4v) is 4.24. The third-order valence-electron chi connectivity index (χ3n) is 5.49. The number of rotatable bonds is 4. The Labute approximate surface area is 124 Å². The second kappa shape index (κ2) is 7.43. The van der Waals surface area contributed by atoms with Crippen molar-refractivity contribution in [1.82, 2.24) is 9.80 Å². The Kier molecular flexibility index (Phi) is 5.86. The highest BCUT2D eigenvalue weighted by Gasteiger charge is 2.36. The standard InChI is InChI=1S/C17H31N3/c1-4-6-14-8-9-15(12-18)17(11-14)20(3)16-7-5-10-19(2)13-16/h14-17H,4-11,13H2,1-3H3. The van der Waals surface area contributed by atoms with E-state index < -0.39 is 0 Å². The summed E-state index contributed by atoms with van der Waals surface area (Å²) in [6.45, 7) is 4.68. The van der Waals surface area contributed by atoms with Gasteiger partial charge in [0.25, 0.3) is 0 Å². The second-order valence-corrected chi connectivity index (χ2v) is 6.99. The summed E-state index contributed by atoms with van der Waals surface area (Å²) in [6.07, 6.45) is 8.84. The molecule has 0 aromatic heterocycles. The fraction of sp³-hybridized carbons (Fsp3) is 0.941. The molecule has 2 fully saturated rings. The first-order chi connectivity index (χ1) is 9.65. The van der Waals surface area contributed by atoms with Gasteiger partial charge in [-0.05, 0) is 58.7 Å². The van der Waals surface area contributed by atoms with Crippen LogP contribution >= 0.6 is 0 Å². The predicted octanol–water partition coefficient (Wildman–Crippen LogP) is 3.12. The highest BCUT2D eigenvalue weighted by atomic mass is 15.2. The first-order valence-electron chi connectivity index (χ1n) is 8.45. The van der Waals surface area contributed by atoms with E-state index in [1.165, 1.54) is 51.6 Å². The van der Waals surface area contributed by atoms with Crippen molar-refractivity contribution in [3.63, 3.8) is 0 Å². The van der Waals surface area contributed by atoms with Crippen LogP contribution in [0.1, 0.15) is 51.9 Å². The molecule has 20 heavy (non-hydrogen) atoms. The highest BCUT2D eigenvalue weighted by Crippen LogP contribution is 2.35. The molecular weight excluding hydrogens is 246 g/mol. The van der Waals surface area contributed by atoms with Gasteiger partial charge in [-0.2, -0.15) is 5.26 Å². The summed E-state index contributed by atoms with van der Waals surface area (Å²) in [5, 5.41) is 9.49. The van der Waals surface area contributed by atoms with Gasteiger partial charge in [-0.25, -0.2) is 0 Å². The molecule has 0 amide bonds. The Morgan fingerprint density at radius 2 is 2.10 bits per heavy atom. The van der Waals surface area contributed by atoms with Gasteiger partial charge in [0.15, 0.2) is 0 Å². The van der Waals surface area contributed by atoms with Crippen LogP contribution in [0, 0.1) is 23.2 Å². The minimum atomic E-state index is 0.250. The van der Waals surface area contributed by atoms with Crippen molar-refractivity contribution in [2.75, 3.05) is 27.2 Å². The third kappa shape index (κ3) is 3.74. The number of piperidine rings is 1. The Morgan fingerprint density at radius 1 is 1.30 bits per heavy atom. The van der Waals surface area contributed by atoms with Crippen molar-refractivity contribution in [3.8, 4) is 6.07 Å². The van der Waals surface area contributed by atoms with E-state index in [1.54, 1.807) is 0 Å². The van der Waals surface area contributed by atoms with E-state index in [0.29, 0.717) is 12.1 Å². The van der Waals surface area contributed by atoms with Gasteiger partial charge in [0.05, 0.1) is 12.0 Å². The van der Waals surface area contributed by atoms with Gasteiger partial charge in [0.2, 0.25) is 0 Å². The van der Waals surface area contributed by atoms with Crippen LogP contribution in [0.2, 0.25) is 0 Å². The molecule has 0 aromatic carbocycles. The molecule has 0 bridgehead atoms. The Bertz CT molecular complexity index is 336. The molecule has 1 saturated carbocycles. The van der Waals surface area contributed by atoms with Crippen LogP contribution in [0.25, 0.3) is 0 Å². The molecule has 0 N–H and O–H groups in total. The molecule has 0 aromatic rings. The number of nitrogens with zero attached hydrogens (tertiary/aromatic N) is 3. The molecule has 4 unspecified atom stereocenters. The summed E-state index contributed by atoms with van der Waals surface area (Å²) < 4.78 is 0. The lowest BCUT2D eigenvalue weighted by molar-refractivity contribution is 0.0499. The highest BCUT2D eigenvalue weighted by molar-refractivity contribution is 4.98. The lowest BCUT2D eigenvalue weighted by atomic mass is 9.76. The van der Waals surface area contributed by atoms with Crippen molar-refractivity contribution in [2.45, 2.75) is 64.0 Å². The lowest BCUT2D eigenvalue weighted by Crippen LogP contribution is -2.52. The lowest BCUT2D eigenvalue weighted by Gasteiger charge is -2.44. The van der Waals surface area contributed by atoms with Gasteiger partial charge in [0, 0.05) is 18.6 Å². The molecule has 1 heterocycles. The van der Waals surface area contributed by atoms with Crippen molar-refractivity contribution in [3.05, 3.63) is 0 Å². The molecule has 4 atom stereocenters. The van der Waals surface area contributed by atoms with Crippen LogP contribution in [0.15, 0.2) is 0 Å². The molecular formula is C17H31N3. The van der Waals surface area contributed by atoms with Crippen molar-refractivity contribution < 1.29 is 0 Å². The summed E-state index contributed by atoms with van der Waals surface area (Å²) >= 11 is 0. The maximum Gasteiger partial charge on any atom is 0.0672 e. The van der Waals surface area contributed by atoms with Gasteiger partial charge in [-0.15, -0.1) is 0 Å². The van der Waals surface area contributed by atoms with E-state index in [9.17, 15) is 5.26 Å². The number of likely N-dealkylation sites (N-methyl/N-ethyl adjacent to an activating group) is 2. The summed E-state index contributed by atoms with van der Waals surface area (Å²) in [7, 11) is 4.50. The minimum Gasteiger partial charge on any atom is -0.305 e. The topological polar surface area (TPSA) is 30.3 Å². The average molecular weight is 277 g/mol. The Balaban J connectivity index is 2.00. The number of nitriles is 1. The zero-order chi connectivity index (χ0) is 14.5. The molecule has 3 heteroatoms. The Morgan fingerprint density at radius 3 is 2.75 bits per heavy atom. The monoisotopic (exact) mass is 277 g/mol. The van der Waals surface area contributed by atoms with E-state index >= 15 is 0 Å². The summed E-state index contributed by atoms with van der Waals surface area (Å²) in [5.41, 5.74) is 0. The molecule has 3 nitrogen and oxygen atoms in total. The van der Waals surface area contributed by atoms with Crippen LogP contribution in [0.5, 0.6) is 0 Å². The first-order valence-corrected chi connectivity index (χ1v) is 8.45. The normalized spacial score (nSPS) is 36.0. The van der Waals surface area contributed by atoms with E-state index in [1.807, 2.05) is 0 Å². The quantitative estimate of drug-likeness (QED) is 0.791.